The number of carbonyl (C=O) groups excluding carboxylic acids is 1. The van der Waals surface area contributed by atoms with Gasteiger partial charge in [-0.15, -0.1) is 16.1 Å². The highest BCUT2D eigenvalue weighted by Gasteiger charge is 2.33. The second kappa shape index (κ2) is 7.98. The van der Waals surface area contributed by atoms with Crippen LogP contribution < -0.4 is 4.72 Å². The lowest BCUT2D eigenvalue weighted by atomic mass is 10.1. The van der Waals surface area contributed by atoms with E-state index in [1.54, 1.807) is 18.3 Å². The first kappa shape index (κ1) is 18.2. The Bertz CT molecular complexity index is 466. The van der Waals surface area contributed by atoms with Crippen LogP contribution >= 0.6 is 11.3 Å². The van der Waals surface area contributed by atoms with Crippen molar-refractivity contribution >= 4 is 34.2 Å². The second-order valence-electron chi connectivity index (χ2n) is 5.59. The topological polar surface area (TPSA) is 61.4 Å². The fourth-order valence-corrected chi connectivity index (χ4v) is 3.05. The average Bonchev–Trinajstić information content (AvgIpc) is 2.90. The molecule has 1 unspecified atom stereocenters. The number of esters is 1. The Kier molecular flexibility index (Phi) is 6.93. The van der Waals surface area contributed by atoms with Crippen LogP contribution in [0.25, 0.3) is 5.57 Å². The van der Waals surface area contributed by atoms with Crippen molar-refractivity contribution in [3.63, 3.8) is 0 Å². The smallest absolute Gasteiger partial charge is 0.328 e. The minimum absolute atomic E-state index is 0.296. The summed E-state index contributed by atoms with van der Waals surface area (Å²) in [4.78, 5) is 13.1. The molecule has 0 aliphatic rings. The van der Waals surface area contributed by atoms with Crippen LogP contribution in [0.2, 0.25) is 0 Å². The summed E-state index contributed by atoms with van der Waals surface area (Å²) in [6, 6.07) is 3.24. The van der Waals surface area contributed by atoms with Crippen LogP contribution in [0.4, 0.5) is 0 Å². The number of ether oxygens (including phenoxy) is 1. The minimum atomic E-state index is -1.34. The molecule has 0 spiro atoms. The molecule has 0 aliphatic heterocycles. The minimum Gasteiger partial charge on any atom is -0.598 e. The summed E-state index contributed by atoms with van der Waals surface area (Å²) in [6.45, 7) is 11.6. The third kappa shape index (κ3) is 5.82. The summed E-state index contributed by atoms with van der Waals surface area (Å²) in [5, 5.41) is 1.96. The maximum atomic E-state index is 12.2. The summed E-state index contributed by atoms with van der Waals surface area (Å²) >= 11 is 0.224. The Balaban J connectivity index is 2.77. The molecule has 0 bridgehead atoms. The van der Waals surface area contributed by atoms with Crippen LogP contribution in [0.5, 0.6) is 0 Å². The predicted octanol–water partition coefficient (Wildman–Crippen LogP) is 3.13. The summed E-state index contributed by atoms with van der Waals surface area (Å²) in [5.41, 5.74) is 0.835. The molecule has 0 fully saturated rings. The molecule has 1 rings (SSSR count). The number of hydrogen-bond donors (Lipinski definition) is 1. The van der Waals surface area contributed by atoms with Crippen LogP contribution in [0.1, 0.15) is 39.0 Å². The quantitative estimate of drug-likeness (QED) is 0.617. The third-order valence-electron chi connectivity index (χ3n) is 2.70. The molecule has 0 aromatic carbocycles. The summed E-state index contributed by atoms with van der Waals surface area (Å²) < 4.78 is 19.7. The van der Waals surface area contributed by atoms with Gasteiger partial charge in [-0.3, -0.25) is 4.79 Å². The van der Waals surface area contributed by atoms with Crippen LogP contribution in [-0.4, -0.2) is 27.9 Å². The van der Waals surface area contributed by atoms with Gasteiger partial charge in [0.05, 0.1) is 6.61 Å². The van der Waals surface area contributed by atoms with Crippen LogP contribution in [-0.2, 0) is 20.9 Å². The highest BCUT2D eigenvalue weighted by molar-refractivity contribution is 7.90. The Labute approximate surface area is 133 Å². The molecular weight excluding hydrogens is 306 g/mol. The first-order chi connectivity index (χ1) is 9.75. The summed E-state index contributed by atoms with van der Waals surface area (Å²) in [6.07, 6.45) is 0.376. The van der Waals surface area contributed by atoms with Crippen molar-refractivity contribution in [3.8, 4) is 0 Å². The molecule has 0 radical (unpaired) electrons. The zero-order valence-electron chi connectivity index (χ0n) is 13.0. The van der Waals surface area contributed by atoms with Crippen molar-refractivity contribution in [2.45, 2.75) is 44.9 Å². The van der Waals surface area contributed by atoms with Gasteiger partial charge in [0.15, 0.2) is 6.04 Å². The molecule has 21 heavy (non-hydrogen) atoms. The van der Waals surface area contributed by atoms with Gasteiger partial charge in [-0.25, -0.2) is 0 Å². The van der Waals surface area contributed by atoms with E-state index in [4.69, 9.17) is 4.74 Å². The van der Waals surface area contributed by atoms with Crippen molar-refractivity contribution < 1.29 is 14.1 Å². The second-order valence-corrected chi connectivity index (χ2v) is 8.53. The molecule has 6 heteroatoms. The van der Waals surface area contributed by atoms with Crippen molar-refractivity contribution in [1.29, 1.82) is 0 Å². The fraction of sp³-hybridized carbons (Fsp3) is 0.533. The van der Waals surface area contributed by atoms with Crippen LogP contribution in [0.15, 0.2) is 24.1 Å². The highest BCUT2D eigenvalue weighted by Crippen LogP contribution is 2.24. The number of carbonyl (C=O) groups is 1. The molecule has 4 nitrogen and oxygen atoms in total. The van der Waals surface area contributed by atoms with E-state index in [2.05, 4.69) is 11.3 Å². The molecule has 0 saturated carbocycles. The molecular formula is C15H23NO3S2. The van der Waals surface area contributed by atoms with Gasteiger partial charge in [0.2, 0.25) is 0 Å². The fourth-order valence-electron chi connectivity index (χ4n) is 1.55. The Hall–Kier alpha value is -0.820. The van der Waals surface area contributed by atoms with E-state index in [1.807, 2.05) is 38.3 Å². The van der Waals surface area contributed by atoms with E-state index >= 15 is 0 Å². The highest BCUT2D eigenvalue weighted by atomic mass is 32.2. The molecule has 1 N–H and O–H groups in total. The van der Waals surface area contributed by atoms with E-state index in [-0.39, 0.29) is 0 Å². The van der Waals surface area contributed by atoms with Gasteiger partial charge in [-0.1, -0.05) is 12.6 Å². The monoisotopic (exact) mass is 329 g/mol. The lowest BCUT2D eigenvalue weighted by Gasteiger charge is -2.27. The lowest BCUT2D eigenvalue weighted by molar-refractivity contribution is -0.144. The van der Waals surface area contributed by atoms with Crippen molar-refractivity contribution in [2.75, 3.05) is 6.61 Å². The summed E-state index contributed by atoms with van der Waals surface area (Å²) in [7, 11) is 0. The predicted molar refractivity (Wildman–Crippen MR) is 89.4 cm³/mol. The van der Waals surface area contributed by atoms with E-state index in [0.717, 1.165) is 10.5 Å². The normalized spacial score (nSPS) is 14.5. The maximum Gasteiger partial charge on any atom is 0.328 e. The van der Waals surface area contributed by atoms with E-state index in [0.29, 0.717) is 13.0 Å². The average molecular weight is 329 g/mol. The Morgan fingerprint density at radius 1 is 1.57 bits per heavy atom. The lowest BCUT2D eigenvalue weighted by Crippen LogP contribution is -2.48. The van der Waals surface area contributed by atoms with E-state index in [1.165, 1.54) is 0 Å². The molecule has 2 atom stereocenters. The van der Waals surface area contributed by atoms with Crippen molar-refractivity contribution in [2.24, 2.45) is 0 Å². The van der Waals surface area contributed by atoms with E-state index < -0.39 is 28.1 Å². The number of thiophene rings is 1. The van der Waals surface area contributed by atoms with Gasteiger partial charge in [0.1, 0.15) is 4.75 Å². The molecule has 0 aliphatic carbocycles. The van der Waals surface area contributed by atoms with Crippen LogP contribution in [0, 0.1) is 0 Å². The molecule has 118 valence electrons. The molecule has 0 amide bonds. The molecule has 0 saturated heterocycles. The van der Waals surface area contributed by atoms with Gasteiger partial charge in [-0.2, -0.15) is 0 Å². The molecule has 1 aromatic rings. The number of hydrogen-bond acceptors (Lipinski definition) is 5. The zero-order valence-corrected chi connectivity index (χ0v) is 14.6. The Morgan fingerprint density at radius 3 is 2.71 bits per heavy atom. The third-order valence-corrected chi connectivity index (χ3v) is 5.28. The summed E-state index contributed by atoms with van der Waals surface area (Å²) in [5.74, 6) is -0.396. The SMILES string of the molecule is C=C(C[C@H](N[S+]([O-])C(C)(C)C)C(=O)OCC)c1cccs1. The standard InChI is InChI=1S/C15H23NO3S2/c1-6-19-14(17)12(16-21(18)15(3,4)5)10-11(2)13-8-7-9-20-13/h7-9,12,16H,2,6,10H2,1,3-5H3/t12-,21?/m0/s1. The van der Waals surface area contributed by atoms with Gasteiger partial charge in [0.25, 0.3) is 0 Å². The first-order valence-corrected chi connectivity index (χ1v) is 8.85. The zero-order chi connectivity index (χ0) is 16.0. The van der Waals surface area contributed by atoms with E-state index in [9.17, 15) is 9.35 Å². The van der Waals surface area contributed by atoms with Crippen molar-refractivity contribution in [1.82, 2.24) is 4.72 Å². The van der Waals surface area contributed by atoms with Gasteiger partial charge in [-0.05, 0) is 44.7 Å². The van der Waals surface area contributed by atoms with Gasteiger partial charge >= 0.3 is 5.97 Å². The molecule has 1 heterocycles. The first-order valence-electron chi connectivity index (χ1n) is 6.82. The Morgan fingerprint density at radius 2 is 2.24 bits per heavy atom. The van der Waals surface area contributed by atoms with Gasteiger partial charge < -0.3 is 9.29 Å². The maximum absolute atomic E-state index is 12.2. The molecule has 1 aromatic heterocycles. The van der Waals surface area contributed by atoms with Crippen LogP contribution in [0.3, 0.4) is 0 Å². The number of nitrogens with one attached hydrogen (secondary N) is 1. The van der Waals surface area contributed by atoms with Gasteiger partial charge in [0, 0.05) is 22.7 Å². The largest absolute Gasteiger partial charge is 0.598 e. The van der Waals surface area contributed by atoms with Crippen molar-refractivity contribution in [3.05, 3.63) is 29.0 Å². The number of rotatable bonds is 7.